The molecule has 0 aliphatic rings. The Kier molecular flexibility index (Phi) is 7.84. The second-order valence-corrected chi connectivity index (χ2v) is 9.24. The van der Waals surface area contributed by atoms with Crippen LogP contribution in [0.5, 0.6) is 11.5 Å². The highest BCUT2D eigenvalue weighted by molar-refractivity contribution is 6.30. The number of nitrogens with zero attached hydrogens (tertiary/aromatic N) is 3. The van der Waals surface area contributed by atoms with Crippen molar-refractivity contribution in [3.8, 4) is 17.2 Å². The Bertz CT molecular complexity index is 1750. The molecule has 10 heteroatoms. The first-order chi connectivity index (χ1) is 19.4. The van der Waals surface area contributed by atoms with Crippen molar-refractivity contribution in [2.45, 2.75) is 13.3 Å². The van der Waals surface area contributed by atoms with E-state index in [9.17, 15) is 14.4 Å². The van der Waals surface area contributed by atoms with Gasteiger partial charge in [-0.2, -0.15) is 0 Å². The minimum atomic E-state index is -0.566. The van der Waals surface area contributed by atoms with E-state index in [2.05, 4.69) is 20.6 Å². The summed E-state index contributed by atoms with van der Waals surface area (Å²) in [5.41, 5.74) is 1.13. The number of halogens is 1. The average Bonchev–Trinajstić information content (AvgIpc) is 2.97. The molecule has 0 saturated heterocycles. The fraction of sp³-hybridized carbons (Fsp3) is 0.100. The number of carbonyl (C=O) groups is 2. The molecular formula is C30H24ClN5O4. The maximum absolute atomic E-state index is 13.5. The average molecular weight is 554 g/mol. The zero-order valence-electron chi connectivity index (χ0n) is 21.4. The summed E-state index contributed by atoms with van der Waals surface area (Å²) >= 11 is 6.03. The number of benzene rings is 2. The summed E-state index contributed by atoms with van der Waals surface area (Å²) in [6.07, 6.45) is 3.91. The van der Waals surface area contributed by atoms with E-state index < -0.39 is 11.5 Å². The van der Waals surface area contributed by atoms with Crippen LogP contribution in [0.3, 0.4) is 0 Å². The van der Waals surface area contributed by atoms with Crippen LogP contribution < -0.4 is 20.9 Å². The third-order valence-corrected chi connectivity index (χ3v) is 6.19. The molecule has 2 aromatic carbocycles. The summed E-state index contributed by atoms with van der Waals surface area (Å²) in [6.45, 7) is 2.53. The first kappa shape index (κ1) is 26.6. The number of amides is 2. The number of nitrogens with one attached hydrogen (secondary N) is 2. The maximum Gasteiger partial charge on any atom is 0.270 e. The van der Waals surface area contributed by atoms with Crippen molar-refractivity contribution in [2.75, 3.05) is 11.9 Å². The molecule has 3 aromatic heterocycles. The van der Waals surface area contributed by atoms with Crippen LogP contribution in [0.4, 0.5) is 5.69 Å². The minimum Gasteiger partial charge on any atom is -0.457 e. The predicted molar refractivity (Wildman–Crippen MR) is 154 cm³/mol. The highest BCUT2D eigenvalue weighted by Gasteiger charge is 2.18. The highest BCUT2D eigenvalue weighted by Crippen LogP contribution is 2.24. The molecule has 0 radical (unpaired) electrons. The number of anilines is 1. The molecule has 0 saturated carbocycles. The Morgan fingerprint density at radius 3 is 2.42 bits per heavy atom. The van der Waals surface area contributed by atoms with Crippen molar-refractivity contribution < 1.29 is 14.3 Å². The van der Waals surface area contributed by atoms with Gasteiger partial charge in [0.2, 0.25) is 0 Å². The van der Waals surface area contributed by atoms with Crippen molar-refractivity contribution in [1.82, 2.24) is 19.9 Å². The zero-order chi connectivity index (χ0) is 28.1. The lowest BCUT2D eigenvalue weighted by molar-refractivity contribution is 0.0947. The third kappa shape index (κ3) is 5.84. The van der Waals surface area contributed by atoms with Crippen molar-refractivity contribution in [1.29, 1.82) is 0 Å². The Labute approximate surface area is 234 Å². The normalized spacial score (nSPS) is 10.8. The van der Waals surface area contributed by atoms with E-state index in [1.165, 1.54) is 16.8 Å². The van der Waals surface area contributed by atoms with Gasteiger partial charge in [-0.15, -0.1) is 0 Å². The summed E-state index contributed by atoms with van der Waals surface area (Å²) in [5.74, 6) is 0.0981. The Morgan fingerprint density at radius 2 is 1.68 bits per heavy atom. The van der Waals surface area contributed by atoms with Gasteiger partial charge in [0.25, 0.3) is 17.4 Å². The van der Waals surface area contributed by atoms with Gasteiger partial charge in [-0.25, -0.2) is 4.98 Å². The lowest BCUT2D eigenvalue weighted by Crippen LogP contribution is -2.29. The molecule has 0 fully saturated rings. The molecule has 40 heavy (non-hydrogen) atoms. The van der Waals surface area contributed by atoms with E-state index in [0.29, 0.717) is 45.5 Å². The van der Waals surface area contributed by atoms with Crippen LogP contribution in [-0.2, 0) is 0 Å². The molecule has 2 N–H and O–H groups in total. The van der Waals surface area contributed by atoms with E-state index in [4.69, 9.17) is 16.3 Å². The van der Waals surface area contributed by atoms with Crippen LogP contribution >= 0.6 is 11.6 Å². The molecule has 0 atom stereocenters. The molecule has 200 valence electrons. The van der Waals surface area contributed by atoms with Crippen molar-refractivity contribution >= 4 is 40.1 Å². The van der Waals surface area contributed by atoms with Crippen LogP contribution in [0.1, 0.15) is 34.2 Å². The first-order valence-electron chi connectivity index (χ1n) is 12.5. The van der Waals surface area contributed by atoms with Gasteiger partial charge in [0.15, 0.2) is 0 Å². The van der Waals surface area contributed by atoms with E-state index in [0.717, 1.165) is 6.42 Å². The monoisotopic (exact) mass is 553 g/mol. The number of hydrogen-bond acceptors (Lipinski definition) is 6. The van der Waals surface area contributed by atoms with Gasteiger partial charge in [0.05, 0.1) is 5.69 Å². The first-order valence-corrected chi connectivity index (χ1v) is 12.9. The van der Waals surface area contributed by atoms with Gasteiger partial charge in [-0.1, -0.05) is 18.5 Å². The van der Waals surface area contributed by atoms with Crippen molar-refractivity contribution in [3.05, 3.63) is 118 Å². The molecular weight excluding hydrogens is 530 g/mol. The van der Waals surface area contributed by atoms with Crippen molar-refractivity contribution in [2.24, 2.45) is 0 Å². The smallest absolute Gasteiger partial charge is 0.270 e. The highest BCUT2D eigenvalue weighted by atomic mass is 35.5. The fourth-order valence-electron chi connectivity index (χ4n) is 4.00. The standard InChI is InChI=1S/C30H24ClN5O4/c1-2-14-34-29(38)26-18-24(13-16-32-26)40-23-11-7-21(8-12-23)35-28(37)25-17-19-4-3-15-33-27(19)36(30(25)39)22-9-5-20(31)6-10-22/h3-13,15-18H,2,14H2,1H3,(H,34,38)(H,35,37). The minimum absolute atomic E-state index is 0.0403. The quantitative estimate of drug-likeness (QED) is 0.258. The summed E-state index contributed by atoms with van der Waals surface area (Å²) in [5, 5.41) is 6.71. The second-order valence-electron chi connectivity index (χ2n) is 8.80. The largest absolute Gasteiger partial charge is 0.457 e. The number of ether oxygens (including phenoxy) is 1. The molecule has 5 rings (SSSR count). The van der Waals surface area contributed by atoms with E-state index in [1.54, 1.807) is 79.0 Å². The molecule has 0 bridgehead atoms. The molecule has 5 aromatic rings. The third-order valence-electron chi connectivity index (χ3n) is 5.94. The zero-order valence-corrected chi connectivity index (χ0v) is 22.2. The summed E-state index contributed by atoms with van der Waals surface area (Å²) in [6, 6.07) is 21.6. The molecule has 3 heterocycles. The van der Waals surface area contributed by atoms with Gasteiger partial charge in [0, 0.05) is 41.1 Å². The SMILES string of the molecule is CCCNC(=O)c1cc(Oc2ccc(NC(=O)c3cc4cccnc4n(-c4ccc(Cl)cc4)c3=O)cc2)ccn1. The maximum atomic E-state index is 13.5. The molecule has 0 aliphatic carbocycles. The van der Waals surface area contributed by atoms with Crippen molar-refractivity contribution in [3.63, 3.8) is 0 Å². The lowest BCUT2D eigenvalue weighted by atomic mass is 10.1. The number of carbonyl (C=O) groups excluding carboxylic acids is 2. The van der Waals surface area contributed by atoms with E-state index >= 15 is 0 Å². The van der Waals surface area contributed by atoms with Crippen LogP contribution in [-0.4, -0.2) is 32.9 Å². The lowest BCUT2D eigenvalue weighted by Gasteiger charge is -2.13. The van der Waals surface area contributed by atoms with Gasteiger partial charge in [0.1, 0.15) is 28.4 Å². The molecule has 2 amide bonds. The Morgan fingerprint density at radius 1 is 0.900 bits per heavy atom. The van der Waals surface area contributed by atoms with E-state index in [1.807, 2.05) is 6.92 Å². The topological polar surface area (TPSA) is 115 Å². The summed E-state index contributed by atoms with van der Waals surface area (Å²) in [4.78, 5) is 47.3. The molecule has 0 spiro atoms. The fourth-order valence-corrected chi connectivity index (χ4v) is 4.13. The predicted octanol–water partition coefficient (Wildman–Crippen LogP) is 5.62. The number of pyridine rings is 3. The molecule has 0 unspecified atom stereocenters. The van der Waals surface area contributed by atoms with E-state index in [-0.39, 0.29) is 17.2 Å². The van der Waals surface area contributed by atoms with Gasteiger partial charge >= 0.3 is 0 Å². The molecule has 9 nitrogen and oxygen atoms in total. The van der Waals surface area contributed by atoms with Gasteiger partial charge < -0.3 is 15.4 Å². The van der Waals surface area contributed by atoms with Crippen LogP contribution in [0.15, 0.2) is 96.1 Å². The second kappa shape index (κ2) is 11.8. The van der Waals surface area contributed by atoms with Gasteiger partial charge in [-0.05, 0) is 79.2 Å². The molecule has 0 aliphatic heterocycles. The summed E-state index contributed by atoms with van der Waals surface area (Å²) < 4.78 is 7.25. The van der Waals surface area contributed by atoms with Crippen LogP contribution in [0, 0.1) is 0 Å². The number of hydrogen-bond donors (Lipinski definition) is 2. The van der Waals surface area contributed by atoms with Gasteiger partial charge in [-0.3, -0.25) is 23.9 Å². The number of rotatable bonds is 8. The van der Waals surface area contributed by atoms with Crippen LogP contribution in [0.2, 0.25) is 5.02 Å². The number of fused-ring (bicyclic) bond motifs is 1. The number of aromatic nitrogens is 3. The van der Waals surface area contributed by atoms with Crippen LogP contribution in [0.25, 0.3) is 16.7 Å². The Balaban J connectivity index is 1.36. The Hall–Kier alpha value is -5.02. The summed E-state index contributed by atoms with van der Waals surface area (Å²) in [7, 11) is 0.